The van der Waals surface area contributed by atoms with Crippen LogP contribution in [0, 0.1) is 0 Å². The van der Waals surface area contributed by atoms with E-state index in [-0.39, 0.29) is 0 Å². The first kappa shape index (κ1) is 21.6. The fourth-order valence-corrected chi connectivity index (χ4v) is 6.49. The summed E-state index contributed by atoms with van der Waals surface area (Å²) in [5, 5.41) is 1.20. The molecular weight excluding hydrogens is 470 g/mol. The molecule has 0 amide bonds. The molecule has 0 aliphatic rings. The molecular formula is C30H21NO2S2. The number of para-hydroxylation sites is 1. The quantitative estimate of drug-likeness (QED) is 0.219. The lowest BCUT2D eigenvalue weighted by atomic mass is 10.0. The molecule has 0 saturated carbocycles. The molecule has 170 valence electrons. The van der Waals surface area contributed by atoms with Crippen LogP contribution in [0.3, 0.4) is 0 Å². The number of benzene rings is 3. The molecule has 0 unspecified atom stereocenters. The molecule has 0 bridgehead atoms. The van der Waals surface area contributed by atoms with E-state index >= 15 is 0 Å². The molecule has 35 heavy (non-hydrogen) atoms. The molecule has 3 aromatic heterocycles. The van der Waals surface area contributed by atoms with Crippen LogP contribution < -0.4 is 4.74 Å². The zero-order chi connectivity index (χ0) is 23.8. The van der Waals surface area contributed by atoms with Gasteiger partial charge < -0.3 is 9.30 Å². The van der Waals surface area contributed by atoms with Crippen LogP contribution in [0.4, 0.5) is 0 Å². The predicted octanol–water partition coefficient (Wildman–Crippen LogP) is 8.58. The van der Waals surface area contributed by atoms with Gasteiger partial charge in [-0.25, -0.2) is 0 Å². The van der Waals surface area contributed by atoms with Crippen LogP contribution in [0.2, 0.25) is 0 Å². The van der Waals surface area contributed by atoms with E-state index < -0.39 is 0 Å². The van der Waals surface area contributed by atoms with Gasteiger partial charge in [-0.2, -0.15) is 0 Å². The van der Waals surface area contributed by atoms with Crippen molar-refractivity contribution in [3.8, 4) is 42.9 Å². The fourth-order valence-electron chi connectivity index (χ4n) is 4.51. The first-order chi connectivity index (χ1) is 17.3. The van der Waals surface area contributed by atoms with Crippen molar-refractivity contribution in [2.45, 2.75) is 0 Å². The summed E-state index contributed by atoms with van der Waals surface area (Å²) >= 11 is 3.29. The molecule has 0 fully saturated rings. The maximum atomic E-state index is 11.2. The van der Waals surface area contributed by atoms with Gasteiger partial charge in [-0.3, -0.25) is 4.79 Å². The second-order valence-electron chi connectivity index (χ2n) is 8.12. The minimum absolute atomic E-state index is 0.746. The van der Waals surface area contributed by atoms with E-state index in [9.17, 15) is 4.79 Å². The van der Waals surface area contributed by atoms with Crippen LogP contribution >= 0.6 is 22.7 Å². The highest BCUT2D eigenvalue weighted by Gasteiger charge is 2.22. The summed E-state index contributed by atoms with van der Waals surface area (Å²) in [6, 6.07) is 35.6. The fraction of sp³-hybridized carbons (Fsp3) is 0.0333. The van der Waals surface area contributed by atoms with Crippen molar-refractivity contribution in [2.24, 2.45) is 0 Å². The van der Waals surface area contributed by atoms with E-state index in [1.807, 2.05) is 30.3 Å². The van der Waals surface area contributed by atoms with E-state index in [4.69, 9.17) is 4.74 Å². The second-order valence-corrected chi connectivity index (χ2v) is 10.3. The van der Waals surface area contributed by atoms with E-state index in [2.05, 4.69) is 77.4 Å². The number of aromatic nitrogens is 1. The summed E-state index contributed by atoms with van der Waals surface area (Å²) in [6.07, 6.45) is 0.915. The zero-order valence-corrected chi connectivity index (χ0v) is 20.6. The van der Waals surface area contributed by atoms with Crippen molar-refractivity contribution in [3.63, 3.8) is 0 Å². The molecule has 6 aromatic rings. The molecule has 3 nitrogen and oxygen atoms in total. The van der Waals surface area contributed by atoms with Gasteiger partial charge in [-0.05, 0) is 60.2 Å². The Labute approximate surface area is 211 Å². The van der Waals surface area contributed by atoms with Gasteiger partial charge in [0, 0.05) is 31.3 Å². The van der Waals surface area contributed by atoms with E-state index in [1.165, 1.54) is 32.0 Å². The summed E-state index contributed by atoms with van der Waals surface area (Å²) in [5.41, 5.74) is 5.76. The molecule has 0 spiro atoms. The number of hydrogen-bond acceptors (Lipinski definition) is 4. The first-order valence-electron chi connectivity index (χ1n) is 11.3. The Morgan fingerprint density at radius 3 is 2.14 bits per heavy atom. The van der Waals surface area contributed by atoms with Crippen LogP contribution in [0.1, 0.15) is 9.67 Å². The van der Waals surface area contributed by atoms with Crippen LogP contribution in [-0.2, 0) is 0 Å². The van der Waals surface area contributed by atoms with Crippen LogP contribution in [0.15, 0.2) is 103 Å². The van der Waals surface area contributed by atoms with Crippen molar-refractivity contribution < 1.29 is 9.53 Å². The number of nitrogens with zero attached hydrogens (tertiary/aromatic N) is 1. The number of fused-ring (bicyclic) bond motifs is 1. The van der Waals surface area contributed by atoms with Crippen molar-refractivity contribution in [1.29, 1.82) is 0 Å². The number of carbonyl (C=O) groups excluding carboxylic acids is 1. The monoisotopic (exact) mass is 491 g/mol. The highest BCUT2D eigenvalue weighted by molar-refractivity contribution is 7.24. The Kier molecular flexibility index (Phi) is 5.57. The summed E-state index contributed by atoms with van der Waals surface area (Å²) in [6.45, 7) is 0. The summed E-state index contributed by atoms with van der Waals surface area (Å²) in [4.78, 5) is 15.4. The highest BCUT2D eigenvalue weighted by atomic mass is 32.1. The third-order valence-electron chi connectivity index (χ3n) is 6.09. The van der Waals surface area contributed by atoms with Gasteiger partial charge in [0.25, 0.3) is 0 Å². The molecule has 0 aliphatic carbocycles. The number of aldehydes is 1. The van der Waals surface area contributed by atoms with Gasteiger partial charge in [0.15, 0.2) is 6.29 Å². The number of rotatable bonds is 6. The number of hydrogen-bond donors (Lipinski definition) is 0. The van der Waals surface area contributed by atoms with Crippen molar-refractivity contribution in [1.82, 2.24) is 4.57 Å². The average Bonchev–Trinajstić information content (AvgIpc) is 3.66. The minimum Gasteiger partial charge on any atom is -0.497 e. The molecule has 0 saturated heterocycles. The minimum atomic E-state index is 0.746. The normalized spacial score (nSPS) is 11.1. The van der Waals surface area contributed by atoms with Gasteiger partial charge in [-0.15, -0.1) is 22.7 Å². The summed E-state index contributed by atoms with van der Waals surface area (Å²) in [7, 11) is 1.69. The van der Waals surface area contributed by atoms with Gasteiger partial charge >= 0.3 is 0 Å². The Hall–Kier alpha value is -3.93. The summed E-state index contributed by atoms with van der Waals surface area (Å²) < 4.78 is 7.75. The van der Waals surface area contributed by atoms with Crippen LogP contribution in [0.25, 0.3) is 48.0 Å². The smallest absolute Gasteiger partial charge is 0.160 e. The topological polar surface area (TPSA) is 31.2 Å². The predicted molar refractivity (Wildman–Crippen MR) is 147 cm³/mol. The molecule has 5 heteroatoms. The largest absolute Gasteiger partial charge is 0.497 e. The Balaban J connectivity index is 1.63. The molecule has 6 rings (SSSR count). The standard InChI is InChI=1S/C30H21NO2S2/c1-33-22-13-11-21(12-14-22)31-25-10-6-5-9-24(25)29(30(31)20-7-3-2-4-8-20)28-18-17-27(35-28)26-16-15-23(19-32)34-26/h2-19H,1H3. The maximum Gasteiger partial charge on any atom is 0.160 e. The van der Waals surface area contributed by atoms with Gasteiger partial charge in [0.2, 0.25) is 0 Å². The lowest BCUT2D eigenvalue weighted by Gasteiger charge is -2.13. The second kappa shape index (κ2) is 9.02. The van der Waals surface area contributed by atoms with Crippen molar-refractivity contribution in [3.05, 3.63) is 108 Å². The Morgan fingerprint density at radius 1 is 0.714 bits per heavy atom. The van der Waals surface area contributed by atoms with Gasteiger partial charge in [-0.1, -0.05) is 48.5 Å². The SMILES string of the molecule is COc1ccc(-n2c(-c3ccccc3)c(-c3ccc(-c4ccc(C=O)s4)s3)c3ccccc32)cc1. The van der Waals surface area contributed by atoms with E-state index in [0.29, 0.717) is 0 Å². The number of methoxy groups -OCH3 is 1. The lowest BCUT2D eigenvalue weighted by molar-refractivity contribution is 0.112. The number of carbonyl (C=O) groups is 1. The number of ether oxygens (including phenoxy) is 1. The molecule has 3 aromatic carbocycles. The van der Waals surface area contributed by atoms with E-state index in [0.717, 1.165) is 44.3 Å². The Bertz CT molecular complexity index is 1640. The van der Waals surface area contributed by atoms with Gasteiger partial charge in [0.05, 0.1) is 23.2 Å². The van der Waals surface area contributed by atoms with Crippen LogP contribution in [0.5, 0.6) is 5.75 Å². The molecule has 3 heterocycles. The molecule has 0 N–H and O–H groups in total. The highest BCUT2D eigenvalue weighted by Crippen LogP contribution is 2.46. The lowest BCUT2D eigenvalue weighted by Crippen LogP contribution is -1.97. The zero-order valence-electron chi connectivity index (χ0n) is 19.0. The van der Waals surface area contributed by atoms with Gasteiger partial charge in [0.1, 0.15) is 5.75 Å². The summed E-state index contributed by atoms with van der Waals surface area (Å²) in [5.74, 6) is 0.834. The maximum absolute atomic E-state index is 11.2. The first-order valence-corrected chi connectivity index (χ1v) is 12.9. The third-order valence-corrected chi connectivity index (χ3v) is 8.40. The van der Waals surface area contributed by atoms with E-state index in [1.54, 1.807) is 18.4 Å². The third kappa shape index (κ3) is 3.79. The number of thiophene rings is 2. The van der Waals surface area contributed by atoms with Crippen LogP contribution in [-0.4, -0.2) is 18.0 Å². The average molecular weight is 492 g/mol. The van der Waals surface area contributed by atoms with Crippen molar-refractivity contribution >= 4 is 39.9 Å². The van der Waals surface area contributed by atoms with Crippen molar-refractivity contribution in [2.75, 3.05) is 7.11 Å². The molecule has 0 atom stereocenters. The molecule has 0 aliphatic heterocycles. The molecule has 0 radical (unpaired) electrons. The Morgan fingerprint density at radius 2 is 1.40 bits per heavy atom.